The lowest BCUT2D eigenvalue weighted by Gasteiger charge is -2.20. The molecule has 2 unspecified atom stereocenters. The van der Waals surface area contributed by atoms with Gasteiger partial charge in [0.2, 0.25) is 5.91 Å². The van der Waals surface area contributed by atoms with Crippen LogP contribution in [0.25, 0.3) is 0 Å². The van der Waals surface area contributed by atoms with Crippen molar-refractivity contribution in [2.24, 2.45) is 0 Å². The molecule has 0 aliphatic carbocycles. The van der Waals surface area contributed by atoms with Crippen molar-refractivity contribution in [3.63, 3.8) is 0 Å². The molecule has 6 nitrogen and oxygen atoms in total. The van der Waals surface area contributed by atoms with E-state index in [0.29, 0.717) is 19.4 Å². The van der Waals surface area contributed by atoms with Crippen molar-refractivity contribution >= 4 is 11.9 Å². The maximum Gasteiger partial charge on any atom is 0.305 e. The summed E-state index contributed by atoms with van der Waals surface area (Å²) in [6.45, 7) is 4.95. The Kier molecular flexibility index (Phi) is 74.8. The van der Waals surface area contributed by atoms with Crippen LogP contribution in [0.5, 0.6) is 0 Å². The number of carbonyl (C=O) groups is 2. The highest BCUT2D eigenvalue weighted by molar-refractivity contribution is 5.76. The summed E-state index contributed by atoms with van der Waals surface area (Å²) in [4.78, 5) is 24.6. The van der Waals surface area contributed by atoms with E-state index in [4.69, 9.17) is 4.74 Å². The molecule has 0 aromatic heterocycles. The van der Waals surface area contributed by atoms with E-state index >= 15 is 0 Å². The summed E-state index contributed by atoms with van der Waals surface area (Å²) in [6, 6.07) is -0.626. The van der Waals surface area contributed by atoms with E-state index in [0.717, 1.165) is 44.9 Å². The molecule has 0 aliphatic rings. The van der Waals surface area contributed by atoms with Crippen molar-refractivity contribution in [2.45, 2.75) is 456 Å². The smallest absolute Gasteiger partial charge is 0.305 e. The molecule has 0 spiro atoms. The SMILES string of the molecule is CCCCCCCCC/C=C\CCCCCCCCCC(=O)OCCCCCCCCCCCCCC/C=C\CCCCCCCCCCCCCCCCCCCC(=O)NC(CO)C(O)/C=C/CCCCCCCCCCCCCCCCCCC. The second-order valence-corrected chi connectivity index (χ2v) is 27.4. The van der Waals surface area contributed by atoms with Crippen LogP contribution in [0, 0.1) is 0 Å². The minimum atomic E-state index is -0.843. The number of allylic oxidation sites excluding steroid dienone is 5. The second-order valence-electron chi connectivity index (χ2n) is 27.4. The van der Waals surface area contributed by atoms with Gasteiger partial charge in [-0.2, -0.15) is 0 Å². The summed E-state index contributed by atoms with van der Waals surface area (Å²) in [5, 5.41) is 23.3. The molecule has 0 bridgehead atoms. The Morgan fingerprint density at radius 1 is 0.310 bits per heavy atom. The van der Waals surface area contributed by atoms with E-state index < -0.39 is 12.1 Å². The van der Waals surface area contributed by atoms with Crippen LogP contribution in [0.1, 0.15) is 444 Å². The zero-order valence-electron chi connectivity index (χ0n) is 59.0. The summed E-state index contributed by atoms with van der Waals surface area (Å²) in [5.74, 6) is -0.0446. The molecule has 514 valence electrons. The highest BCUT2D eigenvalue weighted by Gasteiger charge is 2.18. The number of rotatable bonds is 75. The van der Waals surface area contributed by atoms with Gasteiger partial charge in [0.1, 0.15) is 0 Å². The topological polar surface area (TPSA) is 95.9 Å². The van der Waals surface area contributed by atoms with Gasteiger partial charge in [-0.15, -0.1) is 0 Å². The Labute approximate surface area is 544 Å². The Balaban J connectivity index is 3.36. The fourth-order valence-corrected chi connectivity index (χ4v) is 12.6. The van der Waals surface area contributed by atoms with Crippen LogP contribution in [0.3, 0.4) is 0 Å². The van der Waals surface area contributed by atoms with Gasteiger partial charge in [0.25, 0.3) is 0 Å². The molecule has 0 heterocycles. The van der Waals surface area contributed by atoms with Crippen LogP contribution in [0.4, 0.5) is 0 Å². The Morgan fingerprint density at radius 3 is 0.816 bits per heavy atom. The Bertz CT molecular complexity index is 1410. The molecular weight excluding hydrogens is 1070 g/mol. The number of esters is 1. The van der Waals surface area contributed by atoms with Gasteiger partial charge in [-0.05, 0) is 83.5 Å². The molecular formula is C81H155NO5. The van der Waals surface area contributed by atoms with Gasteiger partial charge >= 0.3 is 5.97 Å². The van der Waals surface area contributed by atoms with Gasteiger partial charge in [-0.3, -0.25) is 9.59 Å². The molecule has 3 N–H and O–H groups in total. The summed E-state index contributed by atoms with van der Waals surface area (Å²) >= 11 is 0. The van der Waals surface area contributed by atoms with E-state index in [9.17, 15) is 19.8 Å². The third-order valence-electron chi connectivity index (χ3n) is 18.6. The second kappa shape index (κ2) is 76.5. The number of amides is 1. The Morgan fingerprint density at radius 2 is 0.540 bits per heavy atom. The normalized spacial score (nSPS) is 12.6. The number of carbonyl (C=O) groups excluding carboxylic acids is 2. The average Bonchev–Trinajstić information content (AvgIpc) is 3.56. The summed E-state index contributed by atoms with van der Waals surface area (Å²) in [5.41, 5.74) is 0. The van der Waals surface area contributed by atoms with Crippen LogP contribution in [-0.2, 0) is 14.3 Å². The van der Waals surface area contributed by atoms with E-state index in [-0.39, 0.29) is 18.5 Å². The zero-order chi connectivity index (χ0) is 62.8. The molecule has 87 heavy (non-hydrogen) atoms. The highest BCUT2D eigenvalue weighted by Crippen LogP contribution is 2.19. The fourth-order valence-electron chi connectivity index (χ4n) is 12.6. The minimum Gasteiger partial charge on any atom is -0.466 e. The first kappa shape index (κ1) is 85.1. The molecule has 0 rings (SSSR count). The first-order chi connectivity index (χ1) is 43.0. The van der Waals surface area contributed by atoms with Crippen LogP contribution in [0.15, 0.2) is 36.5 Å². The zero-order valence-corrected chi connectivity index (χ0v) is 59.0. The van der Waals surface area contributed by atoms with E-state index in [1.165, 1.54) is 372 Å². The summed E-state index contributed by atoms with van der Waals surface area (Å²) in [6.07, 6.45) is 99.8. The molecule has 1 amide bonds. The van der Waals surface area contributed by atoms with Crippen LogP contribution < -0.4 is 5.32 Å². The van der Waals surface area contributed by atoms with Gasteiger partial charge < -0.3 is 20.3 Å². The number of nitrogens with one attached hydrogen (secondary N) is 1. The first-order valence-corrected chi connectivity index (χ1v) is 39.8. The number of unbranched alkanes of at least 4 members (excludes halogenated alkanes) is 60. The van der Waals surface area contributed by atoms with Gasteiger partial charge in [0, 0.05) is 12.8 Å². The first-order valence-electron chi connectivity index (χ1n) is 39.8. The quantitative estimate of drug-likeness (QED) is 0.0320. The van der Waals surface area contributed by atoms with Crippen molar-refractivity contribution < 1.29 is 24.5 Å². The predicted octanol–water partition coefficient (Wildman–Crippen LogP) is 26.2. The fraction of sp³-hybridized carbons (Fsp3) is 0.901. The van der Waals surface area contributed by atoms with E-state index in [1.54, 1.807) is 6.08 Å². The molecule has 0 radical (unpaired) electrons. The van der Waals surface area contributed by atoms with Crippen LogP contribution >= 0.6 is 0 Å². The average molecular weight is 1220 g/mol. The molecule has 6 heteroatoms. The Hall–Kier alpha value is -1.92. The minimum absolute atomic E-state index is 0.0163. The van der Waals surface area contributed by atoms with Gasteiger partial charge in [-0.1, -0.05) is 384 Å². The van der Waals surface area contributed by atoms with Crippen LogP contribution in [0.2, 0.25) is 0 Å². The molecule has 0 saturated carbocycles. The third-order valence-corrected chi connectivity index (χ3v) is 18.6. The summed E-state index contributed by atoms with van der Waals surface area (Å²) < 4.78 is 5.51. The van der Waals surface area contributed by atoms with Crippen molar-refractivity contribution in [3.8, 4) is 0 Å². The standard InChI is InChI=1S/C81H155NO5/c1-3-5-7-9-11-13-15-17-19-21-38-41-45-49-53-57-61-65-69-73-79(84)78(77-83)82-80(85)74-70-66-62-58-54-50-46-42-39-36-34-32-30-28-26-24-23-25-27-29-31-33-35-37-40-44-48-52-56-60-64-68-72-76-87-81(86)75-71-67-63-59-55-51-47-43-22-20-18-16-14-12-10-8-6-4-2/h20,22,27,29,69,73,78-79,83-84H,3-19,21,23-26,28,30-68,70-72,74-77H2,1-2H3,(H,82,85)/b22-20-,29-27-,73-69+. The number of aliphatic hydroxyl groups excluding tert-OH is 2. The number of ether oxygens (including phenoxy) is 1. The molecule has 0 aromatic rings. The maximum atomic E-state index is 12.5. The van der Waals surface area contributed by atoms with E-state index in [1.807, 2.05) is 6.08 Å². The monoisotopic (exact) mass is 1220 g/mol. The lowest BCUT2D eigenvalue weighted by Crippen LogP contribution is -2.45. The molecule has 2 atom stereocenters. The van der Waals surface area contributed by atoms with Crippen molar-refractivity contribution in [1.29, 1.82) is 0 Å². The molecule has 0 saturated heterocycles. The number of aliphatic hydroxyl groups is 2. The lowest BCUT2D eigenvalue weighted by molar-refractivity contribution is -0.143. The van der Waals surface area contributed by atoms with E-state index in [2.05, 4.69) is 43.5 Å². The third kappa shape index (κ3) is 73.0. The van der Waals surface area contributed by atoms with Gasteiger partial charge in [0.15, 0.2) is 0 Å². The maximum absolute atomic E-state index is 12.5. The number of hydrogen-bond acceptors (Lipinski definition) is 5. The molecule has 0 fully saturated rings. The largest absolute Gasteiger partial charge is 0.466 e. The van der Waals surface area contributed by atoms with Crippen molar-refractivity contribution in [3.05, 3.63) is 36.5 Å². The lowest BCUT2D eigenvalue weighted by atomic mass is 10.0. The molecule has 0 aliphatic heterocycles. The summed E-state index contributed by atoms with van der Waals surface area (Å²) in [7, 11) is 0. The molecule has 0 aromatic carbocycles. The van der Waals surface area contributed by atoms with Gasteiger partial charge in [-0.25, -0.2) is 0 Å². The predicted molar refractivity (Wildman–Crippen MR) is 384 cm³/mol. The number of hydrogen-bond donors (Lipinski definition) is 3. The van der Waals surface area contributed by atoms with Crippen LogP contribution in [-0.4, -0.2) is 47.4 Å². The van der Waals surface area contributed by atoms with Crippen molar-refractivity contribution in [1.82, 2.24) is 5.32 Å². The highest BCUT2D eigenvalue weighted by atomic mass is 16.5. The van der Waals surface area contributed by atoms with Gasteiger partial charge in [0.05, 0.1) is 25.4 Å². The van der Waals surface area contributed by atoms with Crippen molar-refractivity contribution in [2.75, 3.05) is 13.2 Å².